The van der Waals surface area contributed by atoms with Gasteiger partial charge in [-0.05, 0) is 79.0 Å². The van der Waals surface area contributed by atoms with Crippen LogP contribution in [0.25, 0.3) is 0 Å². The first-order valence-electron chi connectivity index (χ1n) is 9.25. The smallest absolute Gasteiger partial charge is 0.130 e. The predicted octanol–water partition coefficient (Wildman–Crippen LogP) is 5.79. The second-order valence-electron chi connectivity index (χ2n) is 7.13. The third-order valence-corrected chi connectivity index (χ3v) is 5.71. The first kappa shape index (κ1) is 21.1. The van der Waals surface area contributed by atoms with Gasteiger partial charge in [0.25, 0.3) is 0 Å². The fourth-order valence-electron chi connectivity index (χ4n) is 3.15. The number of hydrogen-bond donors (Lipinski definition) is 1. The lowest BCUT2D eigenvalue weighted by molar-refractivity contribution is -0.0760. The highest BCUT2D eigenvalue weighted by molar-refractivity contribution is 9.10. The van der Waals surface area contributed by atoms with Crippen molar-refractivity contribution in [2.75, 3.05) is 13.1 Å². The van der Waals surface area contributed by atoms with Crippen LogP contribution in [0.2, 0.25) is 5.02 Å². The number of hydrazine groups is 1. The van der Waals surface area contributed by atoms with E-state index in [0.29, 0.717) is 10.8 Å². The van der Waals surface area contributed by atoms with Gasteiger partial charge in [0.1, 0.15) is 17.8 Å². The van der Waals surface area contributed by atoms with Crippen molar-refractivity contribution in [3.8, 4) is 11.5 Å². The van der Waals surface area contributed by atoms with Crippen LogP contribution in [0.15, 0.2) is 39.8 Å². The highest BCUT2D eigenvalue weighted by atomic mass is 79.9. The van der Waals surface area contributed by atoms with Crippen LogP contribution < -0.4 is 10.2 Å². The third-order valence-electron chi connectivity index (χ3n) is 4.48. The van der Waals surface area contributed by atoms with E-state index in [2.05, 4.69) is 45.2 Å². The Hall–Kier alpha value is -1.60. The molecule has 1 heterocycles. The third kappa shape index (κ3) is 5.47. The Labute approximate surface area is 179 Å². The molecule has 7 heteroatoms. The van der Waals surface area contributed by atoms with Crippen LogP contribution in [0.5, 0.6) is 11.5 Å². The summed E-state index contributed by atoms with van der Waals surface area (Å²) in [5, 5.41) is 2.74. The first-order valence-corrected chi connectivity index (χ1v) is 10.4. The van der Waals surface area contributed by atoms with E-state index in [1.54, 1.807) is 12.4 Å². The number of halogens is 2. The fourth-order valence-corrected chi connectivity index (χ4v) is 3.57. The minimum atomic E-state index is 0.206. The molecule has 3 rings (SSSR count). The van der Waals surface area contributed by atoms with E-state index in [9.17, 15) is 0 Å². The van der Waals surface area contributed by atoms with Crippen LogP contribution in [0.1, 0.15) is 25.0 Å². The maximum atomic E-state index is 6.15. The van der Waals surface area contributed by atoms with Gasteiger partial charge >= 0.3 is 0 Å². The van der Waals surface area contributed by atoms with Gasteiger partial charge in [-0.1, -0.05) is 11.6 Å². The molecule has 1 saturated heterocycles. The van der Waals surface area contributed by atoms with Crippen molar-refractivity contribution in [1.29, 1.82) is 0 Å². The van der Waals surface area contributed by atoms with Crippen LogP contribution in [0.4, 0.5) is 5.69 Å². The molecule has 150 valence electrons. The van der Waals surface area contributed by atoms with Gasteiger partial charge in [-0.15, -0.1) is 0 Å². The number of benzene rings is 2. The second-order valence-corrected chi connectivity index (χ2v) is 8.39. The molecular formula is C21H25BrClN3O2. The fraction of sp³-hybridized carbons (Fsp3) is 0.381. The number of ether oxygens (including phenoxy) is 2. The molecule has 1 fully saturated rings. The van der Waals surface area contributed by atoms with Gasteiger partial charge in [0.15, 0.2) is 0 Å². The number of aryl methyl sites for hydroxylation is 2. The number of hydrogen-bond acceptors (Lipinski definition) is 4. The summed E-state index contributed by atoms with van der Waals surface area (Å²) in [5.74, 6) is 1.49. The molecule has 0 aromatic heterocycles. The summed E-state index contributed by atoms with van der Waals surface area (Å²) in [5.41, 5.74) is 6.20. The molecule has 2 unspecified atom stereocenters. The quantitative estimate of drug-likeness (QED) is 0.448. The molecule has 0 bridgehead atoms. The summed E-state index contributed by atoms with van der Waals surface area (Å²) >= 11 is 9.54. The van der Waals surface area contributed by atoms with Crippen molar-refractivity contribution >= 4 is 39.6 Å². The maximum absolute atomic E-state index is 6.15. The monoisotopic (exact) mass is 465 g/mol. The van der Waals surface area contributed by atoms with Gasteiger partial charge in [0.05, 0.1) is 22.9 Å². The van der Waals surface area contributed by atoms with E-state index in [-0.39, 0.29) is 12.2 Å². The van der Waals surface area contributed by atoms with Crippen molar-refractivity contribution in [3.63, 3.8) is 0 Å². The van der Waals surface area contributed by atoms with E-state index in [1.165, 1.54) is 0 Å². The number of aliphatic imine (C=N–C) groups is 1. The molecule has 0 saturated carbocycles. The molecule has 28 heavy (non-hydrogen) atoms. The van der Waals surface area contributed by atoms with E-state index in [1.807, 2.05) is 38.1 Å². The highest BCUT2D eigenvalue weighted by Gasteiger charge is 2.21. The van der Waals surface area contributed by atoms with Crippen LogP contribution >= 0.6 is 27.5 Å². The van der Waals surface area contributed by atoms with Crippen molar-refractivity contribution < 1.29 is 9.47 Å². The summed E-state index contributed by atoms with van der Waals surface area (Å²) < 4.78 is 12.6. The van der Waals surface area contributed by atoms with Gasteiger partial charge in [0.2, 0.25) is 0 Å². The average Bonchev–Trinajstić information content (AvgIpc) is 2.61. The topological polar surface area (TPSA) is 46.1 Å². The Bertz CT molecular complexity index is 865. The molecule has 0 radical (unpaired) electrons. The summed E-state index contributed by atoms with van der Waals surface area (Å²) in [6.07, 6.45) is 2.15. The van der Waals surface area contributed by atoms with E-state index in [0.717, 1.165) is 40.1 Å². The lowest BCUT2D eigenvalue weighted by Gasteiger charge is -2.34. The average molecular weight is 467 g/mol. The number of nitrogens with zero attached hydrogens (tertiary/aromatic N) is 2. The summed E-state index contributed by atoms with van der Waals surface area (Å²) in [7, 11) is 0. The summed E-state index contributed by atoms with van der Waals surface area (Å²) in [6, 6.07) is 9.56. The molecule has 2 aromatic carbocycles. The zero-order chi connectivity index (χ0) is 20.3. The molecule has 0 spiro atoms. The molecule has 2 aromatic rings. The second kappa shape index (κ2) is 9.27. The molecule has 0 aliphatic carbocycles. The Kier molecular flexibility index (Phi) is 6.99. The largest absolute Gasteiger partial charge is 0.457 e. The molecule has 1 aliphatic heterocycles. The normalized spacial score (nSPS) is 20.5. The highest BCUT2D eigenvalue weighted by Crippen LogP contribution is 2.34. The molecule has 1 aliphatic rings. The summed E-state index contributed by atoms with van der Waals surface area (Å²) in [4.78, 5) is 4.58. The molecular weight excluding hydrogens is 442 g/mol. The Morgan fingerprint density at radius 3 is 2.57 bits per heavy atom. The Morgan fingerprint density at radius 1 is 1.18 bits per heavy atom. The Morgan fingerprint density at radius 2 is 1.89 bits per heavy atom. The lowest BCUT2D eigenvalue weighted by atomic mass is 10.1. The standard InChI is InChI=1S/C21H25BrClN3O2/c1-13-8-21(28-17-5-6-18(22)19(23)9-17)14(2)7-20(13)24-12-25-26-10-15(3)27-16(4)11-26/h5-9,12,15-16H,10-11H2,1-4H3,(H,24,25). The van der Waals surface area contributed by atoms with Gasteiger partial charge in [-0.2, -0.15) is 0 Å². The Balaban J connectivity index is 1.68. The number of nitrogens with one attached hydrogen (secondary N) is 1. The van der Waals surface area contributed by atoms with Crippen LogP contribution in [0, 0.1) is 13.8 Å². The first-order chi connectivity index (χ1) is 13.3. The summed E-state index contributed by atoms with van der Waals surface area (Å²) in [6.45, 7) is 9.84. The van der Waals surface area contributed by atoms with Gasteiger partial charge in [0, 0.05) is 23.6 Å². The van der Waals surface area contributed by atoms with E-state index in [4.69, 9.17) is 21.1 Å². The lowest BCUT2D eigenvalue weighted by Crippen LogP contribution is -2.51. The zero-order valence-electron chi connectivity index (χ0n) is 16.5. The molecule has 5 nitrogen and oxygen atoms in total. The van der Waals surface area contributed by atoms with Crippen molar-refractivity contribution in [2.24, 2.45) is 4.99 Å². The van der Waals surface area contributed by atoms with Gasteiger partial charge < -0.3 is 14.9 Å². The predicted molar refractivity (Wildman–Crippen MR) is 118 cm³/mol. The SMILES string of the molecule is Cc1cc(Oc2ccc(Br)c(Cl)c2)c(C)cc1N=CNN1CC(C)OC(C)C1. The van der Waals surface area contributed by atoms with Crippen molar-refractivity contribution in [1.82, 2.24) is 10.4 Å². The van der Waals surface area contributed by atoms with E-state index >= 15 is 0 Å². The molecule has 0 amide bonds. The molecule has 2 atom stereocenters. The van der Waals surface area contributed by atoms with Crippen LogP contribution in [-0.2, 0) is 4.74 Å². The zero-order valence-corrected chi connectivity index (χ0v) is 18.8. The molecule has 1 N–H and O–H groups in total. The van der Waals surface area contributed by atoms with Crippen molar-refractivity contribution in [2.45, 2.75) is 39.9 Å². The number of rotatable bonds is 5. The van der Waals surface area contributed by atoms with Crippen LogP contribution in [0.3, 0.4) is 0 Å². The van der Waals surface area contributed by atoms with Crippen LogP contribution in [-0.4, -0.2) is 36.6 Å². The maximum Gasteiger partial charge on any atom is 0.130 e. The number of morpholine rings is 1. The van der Waals surface area contributed by atoms with Crippen molar-refractivity contribution in [3.05, 3.63) is 51.0 Å². The minimum Gasteiger partial charge on any atom is -0.457 e. The van der Waals surface area contributed by atoms with Gasteiger partial charge in [-0.25, -0.2) is 10.0 Å². The van der Waals surface area contributed by atoms with Gasteiger partial charge in [-0.3, -0.25) is 0 Å². The van der Waals surface area contributed by atoms with E-state index < -0.39 is 0 Å². The minimum absolute atomic E-state index is 0.206.